The molecule has 0 unspecified atom stereocenters. The molecular weight excluding hydrogens is 322 g/mol. The van der Waals surface area contributed by atoms with Crippen molar-refractivity contribution in [3.8, 4) is 11.5 Å². The van der Waals surface area contributed by atoms with Crippen molar-refractivity contribution in [2.24, 2.45) is 0 Å². The fourth-order valence-corrected chi connectivity index (χ4v) is 2.78. The molecule has 0 fully saturated rings. The number of rotatable bonds is 5. The zero-order valence-electron chi connectivity index (χ0n) is 13.4. The summed E-state index contributed by atoms with van der Waals surface area (Å²) in [6, 6.07) is 13.2. The number of thioether (sulfide) groups is 1. The van der Waals surface area contributed by atoms with E-state index in [-0.39, 0.29) is 11.7 Å². The maximum absolute atomic E-state index is 12.1. The van der Waals surface area contributed by atoms with E-state index in [4.69, 9.17) is 4.42 Å². The molecule has 0 radical (unpaired) electrons. The van der Waals surface area contributed by atoms with Crippen LogP contribution in [-0.4, -0.2) is 21.9 Å². The number of furan rings is 1. The topological polar surface area (TPSA) is 68.0 Å². The third kappa shape index (κ3) is 3.83. The van der Waals surface area contributed by atoms with Crippen LogP contribution in [0.3, 0.4) is 0 Å². The second kappa shape index (κ2) is 7.31. The van der Waals surface area contributed by atoms with E-state index in [1.807, 2.05) is 50.2 Å². The van der Waals surface area contributed by atoms with Crippen molar-refractivity contribution in [2.75, 3.05) is 11.1 Å². The van der Waals surface area contributed by atoms with Crippen LogP contribution in [0.15, 0.2) is 58.2 Å². The average Bonchev–Trinajstić information content (AvgIpc) is 3.12. The van der Waals surface area contributed by atoms with Gasteiger partial charge in [0.05, 0.1) is 12.0 Å². The molecule has 0 aliphatic carbocycles. The van der Waals surface area contributed by atoms with Crippen molar-refractivity contribution in [3.05, 3.63) is 59.9 Å². The van der Waals surface area contributed by atoms with Crippen LogP contribution in [0.5, 0.6) is 0 Å². The molecule has 5 nitrogen and oxygen atoms in total. The van der Waals surface area contributed by atoms with Gasteiger partial charge in [0.2, 0.25) is 5.91 Å². The molecule has 3 rings (SSSR count). The average molecular weight is 339 g/mol. The summed E-state index contributed by atoms with van der Waals surface area (Å²) in [6.45, 7) is 4.02. The normalized spacial score (nSPS) is 10.6. The highest BCUT2D eigenvalue weighted by molar-refractivity contribution is 7.99. The summed E-state index contributed by atoms with van der Waals surface area (Å²) in [5.41, 5.74) is 3.75. The molecule has 0 aliphatic rings. The summed E-state index contributed by atoms with van der Waals surface area (Å²) in [6.07, 6.45) is 1.59. The van der Waals surface area contributed by atoms with E-state index in [2.05, 4.69) is 15.5 Å². The number of carbonyl (C=O) groups is 1. The lowest BCUT2D eigenvalue weighted by Gasteiger charge is -2.10. The molecule has 0 aliphatic heterocycles. The smallest absolute Gasteiger partial charge is 0.234 e. The number of carbonyl (C=O) groups excluding carboxylic acids is 1. The van der Waals surface area contributed by atoms with E-state index in [1.165, 1.54) is 11.8 Å². The molecule has 2 heterocycles. The number of hydrogen-bond donors (Lipinski definition) is 1. The van der Waals surface area contributed by atoms with Crippen molar-refractivity contribution in [1.82, 2.24) is 10.2 Å². The molecule has 0 saturated heterocycles. The Balaban J connectivity index is 1.57. The number of amides is 1. The first-order valence-corrected chi connectivity index (χ1v) is 8.48. The van der Waals surface area contributed by atoms with Gasteiger partial charge in [0, 0.05) is 5.69 Å². The number of aryl methyl sites for hydroxylation is 1. The number of anilines is 1. The Hall–Kier alpha value is -2.60. The van der Waals surface area contributed by atoms with Crippen LogP contribution in [0.2, 0.25) is 0 Å². The van der Waals surface area contributed by atoms with Gasteiger partial charge in [0.25, 0.3) is 0 Å². The fraction of sp³-hybridized carbons (Fsp3) is 0.167. The Morgan fingerprint density at radius 3 is 2.71 bits per heavy atom. The molecule has 2 aromatic heterocycles. The minimum Gasteiger partial charge on any atom is -0.463 e. The molecule has 0 spiro atoms. The van der Waals surface area contributed by atoms with E-state index in [0.717, 1.165) is 16.8 Å². The summed E-state index contributed by atoms with van der Waals surface area (Å²) in [4.78, 5) is 12.1. The van der Waals surface area contributed by atoms with E-state index in [0.29, 0.717) is 16.5 Å². The zero-order valence-corrected chi connectivity index (χ0v) is 14.3. The first-order chi connectivity index (χ1) is 11.6. The molecule has 0 bridgehead atoms. The molecule has 6 heteroatoms. The van der Waals surface area contributed by atoms with E-state index in [9.17, 15) is 4.79 Å². The summed E-state index contributed by atoms with van der Waals surface area (Å²) in [5, 5.41) is 11.9. The van der Waals surface area contributed by atoms with Crippen molar-refractivity contribution >= 4 is 23.4 Å². The Morgan fingerprint density at radius 2 is 2.00 bits per heavy atom. The summed E-state index contributed by atoms with van der Waals surface area (Å²) in [7, 11) is 0. The van der Waals surface area contributed by atoms with Gasteiger partial charge in [-0.2, -0.15) is 0 Å². The Labute approximate surface area is 144 Å². The molecule has 0 saturated carbocycles. The van der Waals surface area contributed by atoms with Gasteiger partial charge in [-0.3, -0.25) is 4.79 Å². The maximum atomic E-state index is 12.1. The predicted molar refractivity (Wildman–Crippen MR) is 95.0 cm³/mol. The summed E-state index contributed by atoms with van der Waals surface area (Å²) >= 11 is 1.35. The van der Waals surface area contributed by atoms with E-state index < -0.39 is 0 Å². The second-order valence-electron chi connectivity index (χ2n) is 5.32. The molecule has 3 aromatic rings. The van der Waals surface area contributed by atoms with Crippen molar-refractivity contribution in [1.29, 1.82) is 0 Å². The van der Waals surface area contributed by atoms with Crippen LogP contribution >= 0.6 is 11.8 Å². The maximum Gasteiger partial charge on any atom is 0.234 e. The third-order valence-corrected chi connectivity index (χ3v) is 4.56. The van der Waals surface area contributed by atoms with Crippen LogP contribution in [0, 0.1) is 13.8 Å². The van der Waals surface area contributed by atoms with Crippen LogP contribution < -0.4 is 5.32 Å². The first-order valence-electron chi connectivity index (χ1n) is 7.50. The summed E-state index contributed by atoms with van der Waals surface area (Å²) < 4.78 is 5.27. The van der Waals surface area contributed by atoms with Gasteiger partial charge in [-0.25, -0.2) is 0 Å². The van der Waals surface area contributed by atoms with Crippen molar-refractivity contribution < 1.29 is 9.21 Å². The minimum atomic E-state index is -0.0642. The highest BCUT2D eigenvalue weighted by Gasteiger charge is 2.08. The fourth-order valence-electron chi connectivity index (χ4n) is 2.17. The lowest BCUT2D eigenvalue weighted by atomic mass is 10.1. The predicted octanol–water partition coefficient (Wildman–Crippen LogP) is 4.08. The SMILES string of the molecule is Cc1cccc(NC(=O)CSc2ccc(-c3ccco3)nn2)c1C. The Kier molecular flexibility index (Phi) is 4.96. The van der Waals surface area contributed by atoms with Gasteiger partial charge >= 0.3 is 0 Å². The van der Waals surface area contributed by atoms with Crippen LogP contribution in [0.4, 0.5) is 5.69 Å². The molecule has 1 amide bonds. The van der Waals surface area contributed by atoms with Gasteiger partial charge in [-0.1, -0.05) is 23.9 Å². The molecule has 0 atom stereocenters. The van der Waals surface area contributed by atoms with Crippen LogP contribution in [0.25, 0.3) is 11.5 Å². The Morgan fingerprint density at radius 1 is 1.12 bits per heavy atom. The highest BCUT2D eigenvalue weighted by atomic mass is 32.2. The highest BCUT2D eigenvalue weighted by Crippen LogP contribution is 2.21. The van der Waals surface area contributed by atoms with E-state index in [1.54, 1.807) is 12.3 Å². The molecule has 1 aromatic carbocycles. The minimum absolute atomic E-state index is 0.0642. The van der Waals surface area contributed by atoms with Gasteiger partial charge in [0.15, 0.2) is 5.76 Å². The van der Waals surface area contributed by atoms with Gasteiger partial charge in [0.1, 0.15) is 10.7 Å². The third-order valence-electron chi connectivity index (χ3n) is 3.64. The second-order valence-corrected chi connectivity index (χ2v) is 6.31. The quantitative estimate of drug-likeness (QED) is 0.709. The van der Waals surface area contributed by atoms with Gasteiger partial charge in [-0.05, 0) is 55.3 Å². The number of nitrogens with zero attached hydrogens (tertiary/aromatic N) is 2. The molecule has 1 N–H and O–H groups in total. The number of aromatic nitrogens is 2. The Bertz CT molecular complexity index is 830. The molecular formula is C18H17N3O2S. The van der Waals surface area contributed by atoms with Crippen LogP contribution in [-0.2, 0) is 4.79 Å². The van der Waals surface area contributed by atoms with Gasteiger partial charge in [-0.15, -0.1) is 10.2 Å². The molecule has 122 valence electrons. The van der Waals surface area contributed by atoms with Crippen molar-refractivity contribution in [2.45, 2.75) is 18.9 Å². The lowest BCUT2D eigenvalue weighted by Crippen LogP contribution is -2.15. The lowest BCUT2D eigenvalue weighted by molar-refractivity contribution is -0.113. The van der Waals surface area contributed by atoms with Crippen LogP contribution in [0.1, 0.15) is 11.1 Å². The zero-order chi connectivity index (χ0) is 16.9. The number of nitrogens with one attached hydrogen (secondary N) is 1. The van der Waals surface area contributed by atoms with E-state index >= 15 is 0 Å². The first kappa shape index (κ1) is 16.3. The number of hydrogen-bond acceptors (Lipinski definition) is 5. The van der Waals surface area contributed by atoms with Gasteiger partial charge < -0.3 is 9.73 Å². The van der Waals surface area contributed by atoms with Crippen molar-refractivity contribution in [3.63, 3.8) is 0 Å². The molecule has 24 heavy (non-hydrogen) atoms. The largest absolute Gasteiger partial charge is 0.463 e. The summed E-state index contributed by atoms with van der Waals surface area (Å²) in [5.74, 6) is 0.889. The number of benzene rings is 1. The monoisotopic (exact) mass is 339 g/mol. The standard InChI is InChI=1S/C18H17N3O2S/c1-12-5-3-6-14(13(12)2)19-17(22)11-24-18-9-8-15(20-21-18)16-7-4-10-23-16/h3-10H,11H2,1-2H3,(H,19,22).